The first-order chi connectivity index (χ1) is 8.10. The SMILES string of the molecule is COC(=O)c1c(Br)cc(OC)c(OC)c1OC. The first kappa shape index (κ1) is 13.6. The Hall–Kier alpha value is -1.43. The van der Waals surface area contributed by atoms with E-state index in [1.807, 2.05) is 0 Å². The van der Waals surface area contributed by atoms with Gasteiger partial charge in [0, 0.05) is 4.47 Å². The van der Waals surface area contributed by atoms with E-state index in [1.54, 1.807) is 6.07 Å². The van der Waals surface area contributed by atoms with Crippen molar-refractivity contribution in [2.75, 3.05) is 28.4 Å². The normalized spacial score (nSPS) is 9.71. The molecule has 0 fully saturated rings. The van der Waals surface area contributed by atoms with Gasteiger partial charge in [0.25, 0.3) is 0 Å². The molecule has 5 nitrogen and oxygen atoms in total. The van der Waals surface area contributed by atoms with Crippen molar-refractivity contribution >= 4 is 21.9 Å². The van der Waals surface area contributed by atoms with Gasteiger partial charge in [0.1, 0.15) is 5.56 Å². The van der Waals surface area contributed by atoms with Crippen molar-refractivity contribution in [1.29, 1.82) is 0 Å². The van der Waals surface area contributed by atoms with E-state index < -0.39 is 5.97 Å². The van der Waals surface area contributed by atoms with Crippen LogP contribution in [-0.2, 0) is 4.74 Å². The number of carbonyl (C=O) groups is 1. The predicted molar refractivity (Wildman–Crippen MR) is 65.1 cm³/mol. The molecule has 0 bridgehead atoms. The fourth-order valence-corrected chi connectivity index (χ4v) is 1.97. The molecule has 94 valence electrons. The van der Waals surface area contributed by atoms with Crippen LogP contribution in [0.3, 0.4) is 0 Å². The van der Waals surface area contributed by atoms with E-state index in [1.165, 1.54) is 28.4 Å². The number of hydrogen-bond acceptors (Lipinski definition) is 5. The van der Waals surface area contributed by atoms with Crippen LogP contribution in [0.2, 0.25) is 0 Å². The zero-order valence-corrected chi connectivity index (χ0v) is 11.6. The van der Waals surface area contributed by atoms with Crippen molar-refractivity contribution in [2.45, 2.75) is 0 Å². The molecule has 0 heterocycles. The first-order valence-corrected chi connectivity index (χ1v) is 5.46. The summed E-state index contributed by atoms with van der Waals surface area (Å²) in [6, 6.07) is 1.62. The van der Waals surface area contributed by atoms with Crippen LogP contribution in [0.4, 0.5) is 0 Å². The Morgan fingerprint density at radius 3 is 2.06 bits per heavy atom. The Kier molecular flexibility index (Phi) is 4.62. The minimum Gasteiger partial charge on any atom is -0.493 e. The molecule has 0 N–H and O–H groups in total. The largest absolute Gasteiger partial charge is 0.493 e. The molecule has 1 aromatic rings. The highest BCUT2D eigenvalue weighted by molar-refractivity contribution is 9.10. The van der Waals surface area contributed by atoms with Crippen LogP contribution in [0.1, 0.15) is 10.4 Å². The standard InChI is InChI=1S/C11H13BrO5/c1-14-7-5-6(12)8(11(13)17-4)10(16-3)9(7)15-2/h5H,1-4H3. The second kappa shape index (κ2) is 5.77. The maximum absolute atomic E-state index is 11.7. The van der Waals surface area contributed by atoms with Crippen molar-refractivity contribution in [3.63, 3.8) is 0 Å². The lowest BCUT2D eigenvalue weighted by molar-refractivity contribution is 0.0595. The molecule has 0 unspecified atom stereocenters. The Bertz CT molecular complexity index is 430. The summed E-state index contributed by atoms with van der Waals surface area (Å²) in [4.78, 5) is 11.7. The summed E-state index contributed by atoms with van der Waals surface area (Å²) in [5.74, 6) is 0.558. The number of carbonyl (C=O) groups excluding carboxylic acids is 1. The van der Waals surface area contributed by atoms with E-state index >= 15 is 0 Å². The number of rotatable bonds is 4. The summed E-state index contributed by atoms with van der Waals surface area (Å²) in [5.41, 5.74) is 0.257. The molecule has 1 rings (SSSR count). The van der Waals surface area contributed by atoms with E-state index in [9.17, 15) is 4.79 Å². The summed E-state index contributed by atoms with van der Waals surface area (Å²) in [5, 5.41) is 0. The molecule has 0 aliphatic heterocycles. The van der Waals surface area contributed by atoms with Crippen LogP contribution < -0.4 is 14.2 Å². The Labute approximate surface area is 108 Å². The smallest absolute Gasteiger partial charge is 0.342 e. The molecule has 0 atom stereocenters. The average molecular weight is 305 g/mol. The van der Waals surface area contributed by atoms with Crippen molar-refractivity contribution in [3.8, 4) is 17.2 Å². The maximum Gasteiger partial charge on any atom is 0.342 e. The number of benzene rings is 1. The van der Waals surface area contributed by atoms with Crippen molar-refractivity contribution in [1.82, 2.24) is 0 Å². The molecule has 1 aromatic carbocycles. The zero-order chi connectivity index (χ0) is 13.0. The summed E-state index contributed by atoms with van der Waals surface area (Å²) in [6.07, 6.45) is 0. The lowest BCUT2D eigenvalue weighted by Crippen LogP contribution is -2.07. The van der Waals surface area contributed by atoms with E-state index in [-0.39, 0.29) is 11.3 Å². The van der Waals surface area contributed by atoms with Gasteiger partial charge in [-0.3, -0.25) is 0 Å². The summed E-state index contributed by atoms with van der Waals surface area (Å²) < 4.78 is 20.7. The fourth-order valence-electron chi connectivity index (χ4n) is 1.42. The topological polar surface area (TPSA) is 54.0 Å². The number of hydrogen-bond donors (Lipinski definition) is 0. The number of halogens is 1. The third-order valence-corrected chi connectivity index (χ3v) is 2.80. The molecule has 0 amide bonds. The molecule has 0 aliphatic carbocycles. The predicted octanol–water partition coefficient (Wildman–Crippen LogP) is 2.26. The summed E-state index contributed by atoms with van der Waals surface area (Å²) in [6.45, 7) is 0. The van der Waals surface area contributed by atoms with Gasteiger partial charge in [-0.2, -0.15) is 0 Å². The molecule has 0 aliphatic rings. The van der Waals surface area contributed by atoms with Gasteiger partial charge < -0.3 is 18.9 Å². The molecular weight excluding hydrogens is 292 g/mol. The molecule has 6 heteroatoms. The molecule has 0 saturated carbocycles. The monoisotopic (exact) mass is 304 g/mol. The van der Waals surface area contributed by atoms with Gasteiger partial charge in [-0.1, -0.05) is 0 Å². The minimum atomic E-state index is -0.519. The minimum absolute atomic E-state index is 0.257. The second-order valence-corrected chi connectivity index (χ2v) is 3.85. The molecule has 0 radical (unpaired) electrons. The van der Waals surface area contributed by atoms with E-state index in [4.69, 9.17) is 14.2 Å². The highest BCUT2D eigenvalue weighted by Crippen LogP contribution is 2.43. The lowest BCUT2D eigenvalue weighted by atomic mass is 10.1. The molecule has 17 heavy (non-hydrogen) atoms. The van der Waals surface area contributed by atoms with Gasteiger partial charge in [-0.15, -0.1) is 0 Å². The highest BCUT2D eigenvalue weighted by Gasteiger charge is 2.24. The molecule has 0 spiro atoms. The Balaban J connectivity index is 3.54. The average Bonchev–Trinajstić information content (AvgIpc) is 2.36. The zero-order valence-electron chi connectivity index (χ0n) is 10.00. The van der Waals surface area contributed by atoms with Crippen molar-refractivity contribution in [3.05, 3.63) is 16.1 Å². The molecule has 0 saturated heterocycles. The van der Waals surface area contributed by atoms with E-state index in [2.05, 4.69) is 20.7 Å². The second-order valence-electron chi connectivity index (χ2n) is 2.99. The third kappa shape index (κ3) is 2.46. The van der Waals surface area contributed by atoms with Gasteiger partial charge in [-0.25, -0.2) is 4.79 Å². The van der Waals surface area contributed by atoms with E-state index in [0.29, 0.717) is 16.0 Å². The number of esters is 1. The Morgan fingerprint density at radius 1 is 1.06 bits per heavy atom. The summed E-state index contributed by atoms with van der Waals surface area (Å²) in [7, 11) is 5.71. The first-order valence-electron chi connectivity index (χ1n) is 4.67. The fraction of sp³-hybridized carbons (Fsp3) is 0.364. The van der Waals surface area contributed by atoms with Crippen molar-refractivity contribution < 1.29 is 23.7 Å². The number of ether oxygens (including phenoxy) is 4. The van der Waals surface area contributed by atoms with Crippen LogP contribution in [0.15, 0.2) is 10.5 Å². The summed E-state index contributed by atoms with van der Waals surface area (Å²) >= 11 is 3.27. The van der Waals surface area contributed by atoms with Crippen LogP contribution in [-0.4, -0.2) is 34.4 Å². The lowest BCUT2D eigenvalue weighted by Gasteiger charge is -2.16. The van der Waals surface area contributed by atoms with Crippen molar-refractivity contribution in [2.24, 2.45) is 0 Å². The quantitative estimate of drug-likeness (QED) is 0.799. The number of methoxy groups -OCH3 is 4. The van der Waals surface area contributed by atoms with Crippen LogP contribution in [0.5, 0.6) is 17.2 Å². The van der Waals surface area contributed by atoms with Crippen LogP contribution >= 0.6 is 15.9 Å². The van der Waals surface area contributed by atoms with Gasteiger partial charge >= 0.3 is 5.97 Å². The Morgan fingerprint density at radius 2 is 1.65 bits per heavy atom. The van der Waals surface area contributed by atoms with Gasteiger partial charge in [0.05, 0.1) is 28.4 Å². The third-order valence-electron chi connectivity index (χ3n) is 2.17. The molecular formula is C11H13BrO5. The van der Waals surface area contributed by atoms with Gasteiger partial charge in [0.15, 0.2) is 11.5 Å². The van der Waals surface area contributed by atoms with Crippen LogP contribution in [0.25, 0.3) is 0 Å². The van der Waals surface area contributed by atoms with E-state index in [0.717, 1.165) is 0 Å². The maximum atomic E-state index is 11.7. The van der Waals surface area contributed by atoms with Crippen LogP contribution in [0, 0.1) is 0 Å². The van der Waals surface area contributed by atoms with Gasteiger partial charge in [-0.05, 0) is 22.0 Å². The van der Waals surface area contributed by atoms with Gasteiger partial charge in [0.2, 0.25) is 5.75 Å². The highest BCUT2D eigenvalue weighted by atomic mass is 79.9. The molecule has 0 aromatic heterocycles.